The molecule has 0 aromatic heterocycles. The Balaban J connectivity index is 1.74. The van der Waals surface area contributed by atoms with Gasteiger partial charge in [0, 0.05) is 13.0 Å². The molecule has 6 heteroatoms. The van der Waals surface area contributed by atoms with Crippen LogP contribution >= 0.6 is 0 Å². The number of anilines is 1. The molecular weight excluding hydrogens is 316 g/mol. The Bertz CT molecular complexity index is 817. The van der Waals surface area contributed by atoms with Crippen molar-refractivity contribution in [3.8, 4) is 0 Å². The van der Waals surface area contributed by atoms with Gasteiger partial charge in [-0.05, 0) is 30.2 Å². The van der Waals surface area contributed by atoms with Crippen molar-refractivity contribution in [1.82, 2.24) is 5.32 Å². The van der Waals surface area contributed by atoms with Crippen molar-refractivity contribution in [3.63, 3.8) is 0 Å². The third-order valence-corrected chi connectivity index (χ3v) is 4.22. The predicted octanol–water partition coefficient (Wildman–Crippen LogP) is 1.73. The van der Waals surface area contributed by atoms with Gasteiger partial charge in [-0.25, -0.2) is 0 Å². The number of hydrogen-bond donors (Lipinski definition) is 2. The van der Waals surface area contributed by atoms with E-state index in [2.05, 4.69) is 10.4 Å². The van der Waals surface area contributed by atoms with Crippen LogP contribution < -0.4 is 16.1 Å². The fourth-order valence-corrected chi connectivity index (χ4v) is 2.77. The van der Waals surface area contributed by atoms with Gasteiger partial charge in [0.2, 0.25) is 5.91 Å². The van der Waals surface area contributed by atoms with Crippen LogP contribution in [0.25, 0.3) is 0 Å². The molecule has 0 saturated heterocycles. The molecule has 0 radical (unpaired) electrons. The fraction of sp³-hybridized carbons (Fsp3) is 0.211. The second kappa shape index (κ2) is 7.17. The Hall–Kier alpha value is -3.15. The monoisotopic (exact) mass is 336 g/mol. The summed E-state index contributed by atoms with van der Waals surface area (Å²) < 4.78 is 0. The highest BCUT2D eigenvalue weighted by Gasteiger charge is 2.34. The van der Waals surface area contributed by atoms with Gasteiger partial charge in [0.25, 0.3) is 5.91 Å². The molecule has 0 saturated carbocycles. The van der Waals surface area contributed by atoms with Crippen LogP contribution in [0, 0.1) is 6.92 Å². The van der Waals surface area contributed by atoms with Crippen molar-refractivity contribution in [2.75, 3.05) is 5.01 Å². The number of nitrogens with zero attached hydrogens (tertiary/aromatic N) is 2. The number of nitrogens with two attached hydrogens (primary N) is 1. The van der Waals surface area contributed by atoms with Crippen LogP contribution in [-0.2, 0) is 16.1 Å². The summed E-state index contributed by atoms with van der Waals surface area (Å²) in [5.41, 5.74) is 8.67. The van der Waals surface area contributed by atoms with Crippen molar-refractivity contribution in [1.29, 1.82) is 0 Å². The minimum atomic E-state index is -0.651. The molecule has 0 bridgehead atoms. The van der Waals surface area contributed by atoms with E-state index in [9.17, 15) is 9.59 Å². The molecule has 2 amide bonds. The SMILES string of the molecule is Cc1ccccc1CNC(=O)C1=NN(c2ccccc2)C(C(N)=O)C1. The first-order chi connectivity index (χ1) is 12.1. The molecule has 6 nitrogen and oxygen atoms in total. The van der Waals surface area contributed by atoms with Gasteiger partial charge in [-0.2, -0.15) is 5.10 Å². The summed E-state index contributed by atoms with van der Waals surface area (Å²) in [7, 11) is 0. The predicted molar refractivity (Wildman–Crippen MR) is 97.0 cm³/mol. The molecule has 1 aliphatic heterocycles. The summed E-state index contributed by atoms with van der Waals surface area (Å²) in [6, 6.07) is 16.4. The van der Waals surface area contributed by atoms with Gasteiger partial charge >= 0.3 is 0 Å². The lowest BCUT2D eigenvalue weighted by Gasteiger charge is -2.20. The summed E-state index contributed by atoms with van der Waals surface area (Å²) >= 11 is 0. The van der Waals surface area contributed by atoms with Gasteiger partial charge in [-0.15, -0.1) is 0 Å². The minimum absolute atomic E-state index is 0.198. The Morgan fingerprint density at radius 1 is 1.16 bits per heavy atom. The van der Waals surface area contributed by atoms with E-state index in [0.717, 1.165) is 16.8 Å². The highest BCUT2D eigenvalue weighted by Crippen LogP contribution is 2.24. The average molecular weight is 336 g/mol. The molecule has 0 spiro atoms. The summed E-state index contributed by atoms with van der Waals surface area (Å²) in [4.78, 5) is 24.2. The number of hydrogen-bond acceptors (Lipinski definition) is 4. The van der Waals surface area contributed by atoms with Crippen LogP contribution in [0.3, 0.4) is 0 Å². The third kappa shape index (κ3) is 3.68. The van der Waals surface area contributed by atoms with Gasteiger partial charge in [0.15, 0.2) is 0 Å². The first-order valence-electron chi connectivity index (χ1n) is 8.10. The Morgan fingerprint density at radius 2 is 1.84 bits per heavy atom. The summed E-state index contributed by atoms with van der Waals surface area (Å²) in [5, 5.41) is 8.72. The quantitative estimate of drug-likeness (QED) is 0.871. The van der Waals surface area contributed by atoms with Crippen LogP contribution in [0.4, 0.5) is 5.69 Å². The summed E-state index contributed by atoms with van der Waals surface area (Å²) in [6.45, 7) is 2.41. The lowest BCUT2D eigenvalue weighted by atomic mass is 10.1. The van der Waals surface area contributed by atoms with E-state index in [4.69, 9.17) is 5.73 Å². The van der Waals surface area contributed by atoms with Gasteiger partial charge < -0.3 is 11.1 Å². The van der Waals surface area contributed by atoms with Gasteiger partial charge in [0.05, 0.1) is 5.69 Å². The number of carbonyl (C=O) groups excluding carboxylic acids is 2. The van der Waals surface area contributed by atoms with Crippen molar-refractivity contribution < 1.29 is 9.59 Å². The number of rotatable bonds is 5. The molecule has 3 rings (SSSR count). The molecule has 1 atom stereocenters. The Morgan fingerprint density at radius 3 is 2.52 bits per heavy atom. The zero-order valence-corrected chi connectivity index (χ0v) is 14.0. The normalized spacial score (nSPS) is 16.4. The molecular formula is C19H20N4O2. The van der Waals surface area contributed by atoms with Gasteiger partial charge in [0.1, 0.15) is 11.8 Å². The van der Waals surface area contributed by atoms with Crippen LogP contribution in [-0.4, -0.2) is 23.6 Å². The van der Waals surface area contributed by atoms with E-state index in [-0.39, 0.29) is 12.3 Å². The summed E-state index contributed by atoms with van der Waals surface area (Å²) in [5.74, 6) is -0.790. The molecule has 0 fully saturated rings. The second-order valence-electron chi connectivity index (χ2n) is 5.96. The van der Waals surface area contributed by atoms with Crippen molar-refractivity contribution in [3.05, 3.63) is 65.7 Å². The van der Waals surface area contributed by atoms with Crippen LogP contribution in [0.5, 0.6) is 0 Å². The van der Waals surface area contributed by atoms with E-state index < -0.39 is 11.9 Å². The highest BCUT2D eigenvalue weighted by atomic mass is 16.2. The molecule has 3 N–H and O–H groups in total. The van der Waals surface area contributed by atoms with Gasteiger partial charge in [-0.3, -0.25) is 14.6 Å². The molecule has 1 aliphatic rings. The smallest absolute Gasteiger partial charge is 0.267 e. The van der Waals surface area contributed by atoms with Crippen molar-refractivity contribution >= 4 is 23.2 Å². The number of para-hydroxylation sites is 1. The minimum Gasteiger partial charge on any atom is -0.368 e. The maximum atomic E-state index is 12.5. The molecule has 0 aliphatic carbocycles. The number of nitrogens with one attached hydrogen (secondary N) is 1. The number of benzene rings is 2. The van der Waals surface area contributed by atoms with Crippen LogP contribution in [0.2, 0.25) is 0 Å². The topological polar surface area (TPSA) is 87.8 Å². The first kappa shape index (κ1) is 16.7. The van der Waals surface area contributed by atoms with Crippen molar-refractivity contribution in [2.45, 2.75) is 25.9 Å². The maximum Gasteiger partial charge on any atom is 0.267 e. The van der Waals surface area contributed by atoms with Gasteiger partial charge in [-0.1, -0.05) is 42.5 Å². The zero-order valence-electron chi connectivity index (χ0n) is 14.0. The largest absolute Gasteiger partial charge is 0.368 e. The van der Waals surface area contributed by atoms with E-state index in [1.54, 1.807) is 0 Å². The molecule has 25 heavy (non-hydrogen) atoms. The molecule has 2 aromatic rings. The third-order valence-electron chi connectivity index (χ3n) is 4.22. The number of hydrazone groups is 1. The standard InChI is InChI=1S/C19H20N4O2/c1-13-7-5-6-8-14(13)12-21-19(25)16-11-17(18(20)24)23(22-16)15-9-3-2-4-10-15/h2-10,17H,11-12H2,1H3,(H2,20,24)(H,21,25). The lowest BCUT2D eigenvalue weighted by molar-refractivity contribution is -0.119. The number of primary amides is 1. The molecule has 1 heterocycles. The maximum absolute atomic E-state index is 12.5. The Kier molecular flexibility index (Phi) is 4.79. The first-order valence-corrected chi connectivity index (χ1v) is 8.10. The number of amides is 2. The van der Waals surface area contributed by atoms with E-state index in [0.29, 0.717) is 12.3 Å². The molecule has 1 unspecified atom stereocenters. The van der Waals surface area contributed by atoms with E-state index in [1.807, 2.05) is 61.5 Å². The number of aryl methyl sites for hydroxylation is 1. The fourth-order valence-electron chi connectivity index (χ4n) is 2.77. The van der Waals surface area contributed by atoms with E-state index in [1.165, 1.54) is 5.01 Å². The second-order valence-corrected chi connectivity index (χ2v) is 5.96. The average Bonchev–Trinajstić information content (AvgIpc) is 3.07. The van der Waals surface area contributed by atoms with E-state index >= 15 is 0 Å². The zero-order chi connectivity index (χ0) is 17.8. The number of carbonyl (C=O) groups is 2. The van der Waals surface area contributed by atoms with Crippen LogP contribution in [0.15, 0.2) is 59.7 Å². The summed E-state index contributed by atoms with van der Waals surface area (Å²) in [6.07, 6.45) is 0.198. The highest BCUT2D eigenvalue weighted by molar-refractivity contribution is 6.40. The molecule has 128 valence electrons. The lowest BCUT2D eigenvalue weighted by Crippen LogP contribution is -2.39. The molecule has 2 aromatic carbocycles. The Labute approximate surface area is 146 Å². The van der Waals surface area contributed by atoms with Crippen molar-refractivity contribution in [2.24, 2.45) is 10.8 Å². The van der Waals surface area contributed by atoms with Crippen LogP contribution in [0.1, 0.15) is 17.5 Å².